The van der Waals surface area contributed by atoms with Crippen molar-refractivity contribution in [1.82, 2.24) is 9.97 Å². The maximum atomic E-state index is 5.96. The van der Waals surface area contributed by atoms with Gasteiger partial charge in [-0.2, -0.15) is 0 Å². The van der Waals surface area contributed by atoms with E-state index in [2.05, 4.69) is 16.9 Å². The van der Waals surface area contributed by atoms with E-state index in [0.29, 0.717) is 12.4 Å². The van der Waals surface area contributed by atoms with Gasteiger partial charge in [0.1, 0.15) is 11.9 Å². The van der Waals surface area contributed by atoms with Gasteiger partial charge < -0.3 is 10.5 Å². The minimum atomic E-state index is 0.000382. The fraction of sp³-hybridized carbons (Fsp3) is 0.222. The van der Waals surface area contributed by atoms with E-state index in [9.17, 15) is 0 Å². The smallest absolute Gasteiger partial charge is 0.220 e. The third kappa shape index (κ3) is 3.17. The SMILES string of the molecule is Cc1ccc(OC(C)Cc2nc(N)nc3ccccc23)cc1. The van der Waals surface area contributed by atoms with Crippen molar-refractivity contribution in [2.45, 2.75) is 26.4 Å². The van der Waals surface area contributed by atoms with Gasteiger partial charge in [-0.05, 0) is 32.0 Å². The van der Waals surface area contributed by atoms with Crippen LogP contribution in [0.1, 0.15) is 18.2 Å². The monoisotopic (exact) mass is 293 g/mol. The third-order valence-electron chi connectivity index (χ3n) is 3.54. The van der Waals surface area contributed by atoms with Gasteiger partial charge >= 0.3 is 0 Å². The molecule has 0 radical (unpaired) electrons. The Hall–Kier alpha value is -2.62. The van der Waals surface area contributed by atoms with E-state index in [0.717, 1.165) is 22.3 Å². The molecule has 0 amide bonds. The lowest BCUT2D eigenvalue weighted by atomic mass is 10.1. The molecular formula is C18H19N3O. The Kier molecular flexibility index (Phi) is 3.92. The molecule has 112 valence electrons. The number of nitrogen functional groups attached to an aromatic ring is 1. The van der Waals surface area contributed by atoms with Crippen LogP contribution in [-0.2, 0) is 6.42 Å². The number of nitrogens with two attached hydrogens (primary N) is 1. The zero-order valence-electron chi connectivity index (χ0n) is 12.8. The van der Waals surface area contributed by atoms with Crippen LogP contribution >= 0.6 is 0 Å². The molecule has 0 aliphatic rings. The van der Waals surface area contributed by atoms with E-state index in [4.69, 9.17) is 10.5 Å². The van der Waals surface area contributed by atoms with Gasteiger partial charge in [0.2, 0.25) is 5.95 Å². The van der Waals surface area contributed by atoms with Crippen LogP contribution in [-0.4, -0.2) is 16.1 Å². The van der Waals surface area contributed by atoms with Crippen molar-refractivity contribution in [3.63, 3.8) is 0 Å². The third-order valence-corrected chi connectivity index (χ3v) is 3.54. The predicted molar refractivity (Wildman–Crippen MR) is 88.9 cm³/mol. The van der Waals surface area contributed by atoms with Crippen LogP contribution in [0.5, 0.6) is 5.75 Å². The summed E-state index contributed by atoms with van der Waals surface area (Å²) in [5, 5.41) is 1.02. The molecule has 1 atom stereocenters. The summed E-state index contributed by atoms with van der Waals surface area (Å²) in [6.07, 6.45) is 0.682. The van der Waals surface area contributed by atoms with E-state index in [-0.39, 0.29) is 6.10 Å². The Labute approximate surface area is 130 Å². The van der Waals surface area contributed by atoms with Crippen molar-refractivity contribution >= 4 is 16.9 Å². The maximum absolute atomic E-state index is 5.96. The van der Waals surface area contributed by atoms with Crippen molar-refractivity contribution in [1.29, 1.82) is 0 Å². The van der Waals surface area contributed by atoms with Crippen LogP contribution in [0.2, 0.25) is 0 Å². The maximum Gasteiger partial charge on any atom is 0.220 e. The summed E-state index contributed by atoms with van der Waals surface area (Å²) in [6, 6.07) is 15.9. The van der Waals surface area contributed by atoms with Gasteiger partial charge in [-0.3, -0.25) is 0 Å². The molecule has 1 unspecified atom stereocenters. The first-order valence-corrected chi connectivity index (χ1v) is 7.36. The minimum Gasteiger partial charge on any atom is -0.490 e. The topological polar surface area (TPSA) is 61.0 Å². The highest BCUT2D eigenvalue weighted by Crippen LogP contribution is 2.20. The molecule has 22 heavy (non-hydrogen) atoms. The number of ether oxygens (including phenoxy) is 1. The van der Waals surface area contributed by atoms with Crippen molar-refractivity contribution in [2.24, 2.45) is 0 Å². The van der Waals surface area contributed by atoms with Crippen molar-refractivity contribution in [3.05, 3.63) is 59.8 Å². The van der Waals surface area contributed by atoms with E-state index in [1.165, 1.54) is 5.56 Å². The number of hydrogen-bond donors (Lipinski definition) is 1. The van der Waals surface area contributed by atoms with Gasteiger partial charge in [-0.1, -0.05) is 35.9 Å². The molecule has 0 spiro atoms. The van der Waals surface area contributed by atoms with Crippen molar-refractivity contribution in [2.75, 3.05) is 5.73 Å². The lowest BCUT2D eigenvalue weighted by Gasteiger charge is -2.15. The molecule has 2 N–H and O–H groups in total. The van der Waals surface area contributed by atoms with Crippen LogP contribution in [0.3, 0.4) is 0 Å². The average Bonchev–Trinajstić information content (AvgIpc) is 2.49. The number of nitrogens with zero attached hydrogens (tertiary/aromatic N) is 2. The summed E-state index contributed by atoms with van der Waals surface area (Å²) >= 11 is 0. The Morgan fingerprint density at radius 1 is 1.05 bits per heavy atom. The first-order valence-electron chi connectivity index (χ1n) is 7.36. The average molecular weight is 293 g/mol. The number of anilines is 1. The number of aromatic nitrogens is 2. The summed E-state index contributed by atoms with van der Waals surface area (Å²) in [5.74, 6) is 1.17. The largest absolute Gasteiger partial charge is 0.490 e. The molecule has 4 nitrogen and oxygen atoms in total. The Morgan fingerprint density at radius 3 is 2.55 bits per heavy atom. The number of para-hydroxylation sites is 1. The molecular weight excluding hydrogens is 274 g/mol. The molecule has 0 aliphatic heterocycles. The van der Waals surface area contributed by atoms with Crippen LogP contribution in [0.15, 0.2) is 48.5 Å². The van der Waals surface area contributed by atoms with Gasteiger partial charge in [-0.25, -0.2) is 9.97 Å². The highest BCUT2D eigenvalue weighted by molar-refractivity contribution is 5.81. The molecule has 3 aromatic rings. The zero-order chi connectivity index (χ0) is 15.5. The molecule has 4 heteroatoms. The van der Waals surface area contributed by atoms with Gasteiger partial charge in [0.15, 0.2) is 0 Å². The van der Waals surface area contributed by atoms with E-state index < -0.39 is 0 Å². The normalized spacial score (nSPS) is 12.3. The number of benzene rings is 2. The van der Waals surface area contributed by atoms with E-state index >= 15 is 0 Å². The van der Waals surface area contributed by atoms with Gasteiger partial charge in [-0.15, -0.1) is 0 Å². The summed E-state index contributed by atoms with van der Waals surface area (Å²) in [7, 11) is 0. The molecule has 1 aromatic heterocycles. The summed E-state index contributed by atoms with van der Waals surface area (Å²) in [6.45, 7) is 4.09. The van der Waals surface area contributed by atoms with Gasteiger partial charge in [0, 0.05) is 11.8 Å². The highest BCUT2D eigenvalue weighted by atomic mass is 16.5. The van der Waals surface area contributed by atoms with Crippen LogP contribution in [0, 0.1) is 6.92 Å². The molecule has 3 rings (SSSR count). The molecule has 0 saturated heterocycles. The lowest BCUT2D eigenvalue weighted by Crippen LogP contribution is -2.17. The van der Waals surface area contributed by atoms with Gasteiger partial charge in [0.05, 0.1) is 11.2 Å². The first kappa shape index (κ1) is 14.3. The summed E-state index contributed by atoms with van der Waals surface area (Å²) in [4.78, 5) is 8.65. The van der Waals surface area contributed by atoms with Gasteiger partial charge in [0.25, 0.3) is 0 Å². The quantitative estimate of drug-likeness (QED) is 0.799. The fourth-order valence-electron chi connectivity index (χ4n) is 2.48. The minimum absolute atomic E-state index is 0.000382. The molecule has 0 saturated carbocycles. The fourth-order valence-corrected chi connectivity index (χ4v) is 2.48. The summed E-state index contributed by atoms with van der Waals surface area (Å²) in [5.41, 5.74) is 8.81. The summed E-state index contributed by atoms with van der Waals surface area (Å²) < 4.78 is 5.96. The van der Waals surface area contributed by atoms with E-state index in [1.807, 2.05) is 55.5 Å². The molecule has 0 fully saturated rings. The Balaban J connectivity index is 1.81. The lowest BCUT2D eigenvalue weighted by molar-refractivity contribution is 0.221. The molecule has 0 aliphatic carbocycles. The molecule has 1 heterocycles. The number of hydrogen-bond acceptors (Lipinski definition) is 4. The second kappa shape index (κ2) is 6.02. The second-order valence-corrected chi connectivity index (χ2v) is 5.49. The van der Waals surface area contributed by atoms with Crippen LogP contribution in [0.25, 0.3) is 10.9 Å². The number of fused-ring (bicyclic) bond motifs is 1. The second-order valence-electron chi connectivity index (χ2n) is 5.49. The standard InChI is InChI=1S/C18H19N3O/c1-12-7-9-14(10-8-12)22-13(2)11-17-15-5-3-4-6-16(15)20-18(19)21-17/h3-10,13H,11H2,1-2H3,(H2,19,20,21). The first-order chi connectivity index (χ1) is 10.6. The zero-order valence-corrected chi connectivity index (χ0v) is 12.8. The molecule has 0 bridgehead atoms. The highest BCUT2D eigenvalue weighted by Gasteiger charge is 2.11. The van der Waals surface area contributed by atoms with E-state index in [1.54, 1.807) is 0 Å². The van der Waals surface area contributed by atoms with Crippen molar-refractivity contribution < 1.29 is 4.74 Å². The molecule has 2 aromatic carbocycles. The van der Waals surface area contributed by atoms with Crippen LogP contribution < -0.4 is 10.5 Å². The number of rotatable bonds is 4. The van der Waals surface area contributed by atoms with Crippen LogP contribution in [0.4, 0.5) is 5.95 Å². The number of aryl methyl sites for hydroxylation is 1. The Bertz CT molecular complexity index is 784. The Morgan fingerprint density at radius 2 is 1.77 bits per heavy atom. The van der Waals surface area contributed by atoms with Crippen molar-refractivity contribution in [3.8, 4) is 5.75 Å². The predicted octanol–water partition coefficient (Wildman–Crippen LogP) is 3.53.